The first-order valence-electron chi connectivity index (χ1n) is 7.17. The van der Waals surface area contributed by atoms with Gasteiger partial charge < -0.3 is 20.5 Å². The van der Waals surface area contributed by atoms with Crippen molar-refractivity contribution in [1.29, 1.82) is 0 Å². The third-order valence-corrected chi connectivity index (χ3v) is 3.71. The fourth-order valence-electron chi connectivity index (χ4n) is 2.12. The quantitative estimate of drug-likeness (QED) is 0.720. The highest BCUT2D eigenvalue weighted by atomic mass is 16.5. The molecule has 1 saturated carbocycles. The Labute approximate surface area is 120 Å². The lowest BCUT2D eigenvalue weighted by Gasteiger charge is -2.17. The minimum absolute atomic E-state index is 0.345. The highest BCUT2D eigenvalue weighted by Crippen LogP contribution is 2.48. The van der Waals surface area contributed by atoms with E-state index >= 15 is 0 Å². The van der Waals surface area contributed by atoms with E-state index in [2.05, 4.69) is 15.3 Å². The molecule has 0 bridgehead atoms. The first-order valence-corrected chi connectivity index (χ1v) is 7.17. The van der Waals surface area contributed by atoms with E-state index in [0.717, 1.165) is 26.0 Å². The summed E-state index contributed by atoms with van der Waals surface area (Å²) in [6.07, 6.45) is 5.94. The van der Waals surface area contributed by atoms with Gasteiger partial charge in [0, 0.05) is 20.3 Å². The number of hydrogen-bond donors (Lipinski definition) is 2. The number of ether oxygens (including phenoxy) is 2. The Morgan fingerprint density at radius 2 is 2.15 bits per heavy atom. The Hall–Kier alpha value is -1.56. The van der Waals surface area contributed by atoms with Crippen molar-refractivity contribution in [2.24, 2.45) is 5.41 Å². The molecule has 0 unspecified atom stereocenters. The average Bonchev–Trinajstić information content (AvgIpc) is 3.23. The normalized spacial score (nSPS) is 15.9. The van der Waals surface area contributed by atoms with E-state index in [1.54, 1.807) is 7.11 Å². The highest BCUT2D eigenvalue weighted by Gasteiger charge is 2.41. The first-order chi connectivity index (χ1) is 9.71. The van der Waals surface area contributed by atoms with Gasteiger partial charge in [0.05, 0.1) is 6.61 Å². The Balaban J connectivity index is 1.92. The number of nitrogens with two attached hydrogens (primary N) is 1. The Morgan fingerprint density at radius 3 is 2.80 bits per heavy atom. The summed E-state index contributed by atoms with van der Waals surface area (Å²) in [5.74, 6) is 1.13. The number of hydrogen-bond acceptors (Lipinski definition) is 6. The van der Waals surface area contributed by atoms with Gasteiger partial charge in [-0.25, -0.2) is 4.98 Å². The number of nitrogens with zero attached hydrogens (tertiary/aromatic N) is 2. The molecule has 0 atom stereocenters. The molecule has 0 spiro atoms. The van der Waals surface area contributed by atoms with E-state index in [0.29, 0.717) is 29.4 Å². The largest absolute Gasteiger partial charge is 0.476 e. The van der Waals surface area contributed by atoms with Gasteiger partial charge in [0.15, 0.2) is 5.82 Å². The molecule has 0 amide bonds. The van der Waals surface area contributed by atoms with E-state index in [4.69, 9.17) is 15.2 Å². The second-order valence-corrected chi connectivity index (χ2v) is 5.39. The van der Waals surface area contributed by atoms with Gasteiger partial charge in [-0.05, 0) is 31.1 Å². The van der Waals surface area contributed by atoms with Crippen molar-refractivity contribution in [3.05, 3.63) is 6.33 Å². The van der Waals surface area contributed by atoms with Gasteiger partial charge in [0.25, 0.3) is 0 Å². The van der Waals surface area contributed by atoms with Gasteiger partial charge >= 0.3 is 0 Å². The summed E-state index contributed by atoms with van der Waals surface area (Å²) < 4.78 is 10.7. The Morgan fingerprint density at radius 1 is 1.35 bits per heavy atom. The molecule has 0 radical (unpaired) electrons. The maximum Gasteiger partial charge on any atom is 0.242 e. The van der Waals surface area contributed by atoms with Gasteiger partial charge in [0.2, 0.25) is 5.88 Å². The van der Waals surface area contributed by atoms with Crippen LogP contribution in [0, 0.1) is 5.41 Å². The van der Waals surface area contributed by atoms with Crippen LogP contribution in [0.5, 0.6) is 5.88 Å². The molecule has 1 aromatic rings. The van der Waals surface area contributed by atoms with Crippen LogP contribution in [-0.2, 0) is 4.74 Å². The zero-order chi connectivity index (χ0) is 14.4. The summed E-state index contributed by atoms with van der Waals surface area (Å²) in [6.45, 7) is 4.32. The summed E-state index contributed by atoms with van der Waals surface area (Å²) in [7, 11) is 1.74. The monoisotopic (exact) mass is 280 g/mol. The van der Waals surface area contributed by atoms with Crippen molar-refractivity contribution in [2.45, 2.75) is 32.6 Å². The fraction of sp³-hybridized carbons (Fsp3) is 0.714. The number of rotatable bonds is 9. The van der Waals surface area contributed by atoms with Crippen molar-refractivity contribution in [3.63, 3.8) is 0 Å². The molecule has 0 aliphatic heterocycles. The lowest BCUT2D eigenvalue weighted by molar-refractivity contribution is 0.175. The Kier molecular flexibility index (Phi) is 5.00. The molecule has 20 heavy (non-hydrogen) atoms. The molecule has 2 rings (SSSR count). The van der Waals surface area contributed by atoms with Gasteiger partial charge in [-0.2, -0.15) is 4.98 Å². The third kappa shape index (κ3) is 3.72. The van der Waals surface area contributed by atoms with Crippen LogP contribution in [-0.4, -0.2) is 36.8 Å². The minimum Gasteiger partial charge on any atom is -0.476 e. The van der Waals surface area contributed by atoms with E-state index in [1.807, 2.05) is 6.92 Å². The maximum atomic E-state index is 6.04. The molecule has 112 valence electrons. The average molecular weight is 280 g/mol. The molecule has 6 nitrogen and oxygen atoms in total. The highest BCUT2D eigenvalue weighted by molar-refractivity contribution is 5.66. The predicted molar refractivity (Wildman–Crippen MR) is 78.9 cm³/mol. The van der Waals surface area contributed by atoms with E-state index in [1.165, 1.54) is 19.2 Å². The number of aromatic nitrogens is 2. The predicted octanol–water partition coefficient (Wildman–Crippen LogP) is 2.08. The number of nitrogens with one attached hydrogen (secondary N) is 1. The van der Waals surface area contributed by atoms with E-state index < -0.39 is 0 Å². The third-order valence-electron chi connectivity index (χ3n) is 3.71. The van der Waals surface area contributed by atoms with E-state index in [-0.39, 0.29) is 0 Å². The maximum absolute atomic E-state index is 6.04. The minimum atomic E-state index is 0.345. The number of methoxy groups -OCH3 is 1. The van der Waals surface area contributed by atoms with Gasteiger partial charge in [-0.1, -0.05) is 6.92 Å². The van der Waals surface area contributed by atoms with Crippen LogP contribution < -0.4 is 15.8 Å². The van der Waals surface area contributed by atoms with Crippen molar-refractivity contribution < 1.29 is 9.47 Å². The lowest BCUT2D eigenvalue weighted by Crippen LogP contribution is -2.19. The van der Waals surface area contributed by atoms with Crippen LogP contribution in [0.15, 0.2) is 6.33 Å². The summed E-state index contributed by atoms with van der Waals surface area (Å²) in [5.41, 5.74) is 6.87. The van der Waals surface area contributed by atoms with Crippen molar-refractivity contribution >= 4 is 11.5 Å². The molecule has 1 aromatic heterocycles. The molecule has 0 saturated heterocycles. The molecule has 1 aliphatic carbocycles. The molecule has 6 heteroatoms. The second-order valence-electron chi connectivity index (χ2n) is 5.39. The standard InChI is InChI=1S/C14H24N4O2/c1-3-7-20-13-11(15)12(17-10-18-13)16-9-14(4-5-14)6-8-19-2/h10H,3-9,15H2,1-2H3,(H,16,17,18). The Bertz CT molecular complexity index is 435. The molecular weight excluding hydrogens is 256 g/mol. The molecular formula is C14H24N4O2. The first kappa shape index (κ1) is 14.8. The molecule has 1 aliphatic rings. The van der Waals surface area contributed by atoms with Crippen LogP contribution >= 0.6 is 0 Å². The van der Waals surface area contributed by atoms with Gasteiger partial charge in [-0.15, -0.1) is 0 Å². The van der Waals surface area contributed by atoms with Gasteiger partial charge in [0.1, 0.15) is 12.0 Å². The summed E-state index contributed by atoms with van der Waals surface area (Å²) >= 11 is 0. The smallest absolute Gasteiger partial charge is 0.242 e. The molecule has 0 aromatic carbocycles. The molecule has 1 fully saturated rings. The number of nitrogen functional groups attached to an aromatic ring is 1. The fourth-order valence-corrected chi connectivity index (χ4v) is 2.12. The SMILES string of the molecule is CCCOc1ncnc(NCC2(CCOC)CC2)c1N. The lowest BCUT2D eigenvalue weighted by atomic mass is 10.0. The van der Waals surface area contributed by atoms with Crippen LogP contribution in [0.2, 0.25) is 0 Å². The van der Waals surface area contributed by atoms with Crippen LogP contribution in [0.4, 0.5) is 11.5 Å². The summed E-state index contributed by atoms with van der Waals surface area (Å²) in [6, 6.07) is 0. The summed E-state index contributed by atoms with van der Waals surface area (Å²) in [5, 5.41) is 3.33. The van der Waals surface area contributed by atoms with Crippen molar-refractivity contribution in [2.75, 3.05) is 37.9 Å². The molecule has 1 heterocycles. The van der Waals surface area contributed by atoms with Crippen molar-refractivity contribution in [3.8, 4) is 5.88 Å². The second kappa shape index (κ2) is 6.74. The zero-order valence-corrected chi connectivity index (χ0v) is 12.3. The summed E-state index contributed by atoms with van der Waals surface area (Å²) in [4.78, 5) is 8.27. The van der Waals surface area contributed by atoms with E-state index in [9.17, 15) is 0 Å². The van der Waals surface area contributed by atoms with Gasteiger partial charge in [-0.3, -0.25) is 0 Å². The topological polar surface area (TPSA) is 82.3 Å². The number of anilines is 2. The van der Waals surface area contributed by atoms with Crippen LogP contribution in [0.3, 0.4) is 0 Å². The van der Waals surface area contributed by atoms with Crippen LogP contribution in [0.25, 0.3) is 0 Å². The van der Waals surface area contributed by atoms with Crippen molar-refractivity contribution in [1.82, 2.24) is 9.97 Å². The molecule has 3 N–H and O–H groups in total. The zero-order valence-electron chi connectivity index (χ0n) is 12.3. The van der Waals surface area contributed by atoms with Crippen LogP contribution in [0.1, 0.15) is 32.6 Å².